The van der Waals surface area contributed by atoms with E-state index in [0.29, 0.717) is 10.4 Å². The lowest BCUT2D eigenvalue weighted by Crippen LogP contribution is -2.05. The van der Waals surface area contributed by atoms with Gasteiger partial charge in [0.15, 0.2) is 5.78 Å². The summed E-state index contributed by atoms with van der Waals surface area (Å²) in [6.45, 7) is 0. The van der Waals surface area contributed by atoms with Crippen LogP contribution in [0.15, 0.2) is 30.3 Å². The van der Waals surface area contributed by atoms with E-state index in [2.05, 4.69) is 0 Å². The number of thiophene rings is 1. The van der Waals surface area contributed by atoms with Crippen molar-refractivity contribution >= 4 is 28.7 Å². The number of halogens is 2. The van der Waals surface area contributed by atoms with Gasteiger partial charge in [-0.1, -0.05) is 12.1 Å². The van der Waals surface area contributed by atoms with E-state index in [1.807, 2.05) is 6.07 Å². The Hall–Kier alpha value is -1.19. The Morgan fingerprint density at radius 1 is 1.26 bits per heavy atom. The van der Waals surface area contributed by atoms with Crippen LogP contribution in [-0.4, -0.2) is 5.78 Å². The number of fused-ring (bicyclic) bond motifs is 1. The summed E-state index contributed by atoms with van der Waals surface area (Å²) >= 11 is 7.75. The molecular formula is C15H12ClFOS. The van der Waals surface area contributed by atoms with E-state index in [1.165, 1.54) is 29.0 Å². The molecule has 1 nitrogen and oxygen atoms in total. The summed E-state index contributed by atoms with van der Waals surface area (Å²) in [4.78, 5) is 14.3. The normalized spacial score (nSPS) is 15.3. The molecule has 0 spiro atoms. The standard InChI is InChI=1S/C15H12ClFOS/c16-14(9-4-6-11(17)7-5-9)15(18)13-8-10-2-1-3-12(10)19-13/h4-8,14H,1-3H2. The van der Waals surface area contributed by atoms with Gasteiger partial charge in [0, 0.05) is 4.88 Å². The van der Waals surface area contributed by atoms with Crippen molar-refractivity contribution in [2.75, 3.05) is 0 Å². The number of rotatable bonds is 3. The molecule has 2 aromatic rings. The van der Waals surface area contributed by atoms with Crippen LogP contribution in [0.25, 0.3) is 0 Å². The summed E-state index contributed by atoms with van der Waals surface area (Å²) in [5, 5.41) is -0.737. The van der Waals surface area contributed by atoms with E-state index in [0.717, 1.165) is 12.8 Å². The van der Waals surface area contributed by atoms with Crippen LogP contribution < -0.4 is 0 Å². The summed E-state index contributed by atoms with van der Waals surface area (Å²) in [6, 6.07) is 7.74. The first-order valence-corrected chi connectivity index (χ1v) is 7.46. The largest absolute Gasteiger partial charge is 0.291 e. The Morgan fingerprint density at radius 2 is 2.00 bits per heavy atom. The van der Waals surface area contributed by atoms with Crippen molar-refractivity contribution in [2.24, 2.45) is 0 Å². The molecule has 1 heterocycles. The molecule has 0 radical (unpaired) electrons. The number of Topliss-reactive ketones (excluding diaryl/α,β-unsaturated/α-hetero) is 1. The maximum Gasteiger partial charge on any atom is 0.195 e. The van der Waals surface area contributed by atoms with Crippen molar-refractivity contribution in [3.63, 3.8) is 0 Å². The van der Waals surface area contributed by atoms with Crippen LogP contribution in [0.4, 0.5) is 4.39 Å². The molecule has 1 aliphatic carbocycles. The van der Waals surface area contributed by atoms with Crippen molar-refractivity contribution in [2.45, 2.75) is 24.6 Å². The van der Waals surface area contributed by atoms with Gasteiger partial charge in [0.1, 0.15) is 11.2 Å². The SMILES string of the molecule is O=C(c1cc2c(s1)CCC2)C(Cl)c1ccc(F)cc1. The monoisotopic (exact) mass is 294 g/mol. The van der Waals surface area contributed by atoms with Crippen LogP contribution in [0.1, 0.15) is 37.5 Å². The second kappa shape index (κ2) is 5.06. The summed E-state index contributed by atoms with van der Waals surface area (Å²) in [6.07, 6.45) is 3.30. The average Bonchev–Trinajstić information content (AvgIpc) is 2.98. The number of alkyl halides is 1. The van der Waals surface area contributed by atoms with Gasteiger partial charge >= 0.3 is 0 Å². The highest BCUT2D eigenvalue weighted by Crippen LogP contribution is 2.34. The highest BCUT2D eigenvalue weighted by molar-refractivity contribution is 7.14. The summed E-state index contributed by atoms with van der Waals surface area (Å²) in [5.41, 5.74) is 1.93. The van der Waals surface area contributed by atoms with Gasteiger partial charge in [-0.2, -0.15) is 0 Å². The first-order valence-electron chi connectivity index (χ1n) is 6.20. The molecule has 0 fully saturated rings. The fraction of sp³-hybridized carbons (Fsp3) is 0.267. The van der Waals surface area contributed by atoms with Crippen molar-refractivity contribution in [1.82, 2.24) is 0 Å². The Balaban J connectivity index is 1.84. The van der Waals surface area contributed by atoms with E-state index in [-0.39, 0.29) is 11.6 Å². The third-order valence-electron chi connectivity index (χ3n) is 3.38. The molecule has 0 saturated carbocycles. The average molecular weight is 295 g/mol. The van der Waals surface area contributed by atoms with Crippen molar-refractivity contribution in [3.05, 3.63) is 57.0 Å². The Morgan fingerprint density at radius 3 is 2.68 bits per heavy atom. The maximum atomic E-state index is 12.9. The van der Waals surface area contributed by atoms with Crippen LogP contribution in [0, 0.1) is 5.82 Å². The van der Waals surface area contributed by atoms with Crippen LogP contribution in [0.5, 0.6) is 0 Å². The predicted molar refractivity (Wildman–Crippen MR) is 75.7 cm³/mol. The van der Waals surface area contributed by atoms with Crippen LogP contribution in [0.2, 0.25) is 0 Å². The maximum absolute atomic E-state index is 12.9. The van der Waals surface area contributed by atoms with Crippen molar-refractivity contribution < 1.29 is 9.18 Å². The zero-order valence-corrected chi connectivity index (χ0v) is 11.7. The molecule has 98 valence electrons. The number of benzene rings is 1. The zero-order chi connectivity index (χ0) is 13.4. The number of hydrogen-bond donors (Lipinski definition) is 0. The second-order valence-electron chi connectivity index (χ2n) is 4.69. The Bertz CT molecular complexity index is 596. The van der Waals surface area contributed by atoms with E-state index in [9.17, 15) is 9.18 Å². The summed E-state index contributed by atoms with van der Waals surface area (Å²) < 4.78 is 12.9. The minimum atomic E-state index is -0.737. The summed E-state index contributed by atoms with van der Waals surface area (Å²) in [5.74, 6) is -0.414. The van der Waals surface area contributed by atoms with Gasteiger partial charge in [0.25, 0.3) is 0 Å². The number of aryl methyl sites for hydroxylation is 2. The third kappa shape index (κ3) is 2.45. The summed E-state index contributed by atoms with van der Waals surface area (Å²) in [7, 11) is 0. The van der Waals surface area contributed by atoms with E-state index in [4.69, 9.17) is 11.6 Å². The Labute approximate surface area is 120 Å². The molecule has 1 atom stereocenters. The lowest BCUT2D eigenvalue weighted by atomic mass is 10.1. The molecule has 3 rings (SSSR count). The number of hydrogen-bond acceptors (Lipinski definition) is 2. The highest BCUT2D eigenvalue weighted by atomic mass is 35.5. The van der Waals surface area contributed by atoms with E-state index >= 15 is 0 Å². The van der Waals surface area contributed by atoms with Crippen LogP contribution in [-0.2, 0) is 12.8 Å². The molecule has 0 saturated heterocycles. The molecule has 1 unspecified atom stereocenters. The molecule has 4 heteroatoms. The fourth-order valence-corrected chi connectivity index (χ4v) is 3.91. The highest BCUT2D eigenvalue weighted by Gasteiger charge is 2.24. The van der Waals surface area contributed by atoms with Gasteiger partial charge in [-0.05, 0) is 48.6 Å². The lowest BCUT2D eigenvalue weighted by Gasteiger charge is -2.07. The first-order chi connectivity index (χ1) is 9.15. The quantitative estimate of drug-likeness (QED) is 0.600. The Kier molecular flexibility index (Phi) is 3.42. The zero-order valence-electron chi connectivity index (χ0n) is 10.2. The van der Waals surface area contributed by atoms with Gasteiger partial charge in [0.05, 0.1) is 4.88 Å². The molecule has 0 aliphatic heterocycles. The molecule has 0 amide bonds. The van der Waals surface area contributed by atoms with Crippen molar-refractivity contribution in [1.29, 1.82) is 0 Å². The smallest absolute Gasteiger partial charge is 0.195 e. The lowest BCUT2D eigenvalue weighted by molar-refractivity contribution is 0.0991. The number of ketones is 1. The molecule has 1 aromatic carbocycles. The van der Waals surface area contributed by atoms with E-state index < -0.39 is 5.38 Å². The van der Waals surface area contributed by atoms with E-state index in [1.54, 1.807) is 23.5 Å². The topological polar surface area (TPSA) is 17.1 Å². The van der Waals surface area contributed by atoms with Crippen LogP contribution >= 0.6 is 22.9 Å². The molecular weight excluding hydrogens is 283 g/mol. The third-order valence-corrected chi connectivity index (χ3v) is 5.08. The van der Waals surface area contributed by atoms with Crippen LogP contribution in [0.3, 0.4) is 0 Å². The fourth-order valence-electron chi connectivity index (χ4n) is 2.36. The second-order valence-corrected chi connectivity index (χ2v) is 6.26. The molecule has 0 N–H and O–H groups in total. The minimum Gasteiger partial charge on any atom is -0.291 e. The predicted octanol–water partition coefficient (Wildman–Crippen LogP) is 4.54. The van der Waals surface area contributed by atoms with Gasteiger partial charge in [-0.3, -0.25) is 4.79 Å². The number of carbonyl (C=O) groups excluding carboxylic acids is 1. The molecule has 1 aliphatic rings. The molecule has 0 bridgehead atoms. The van der Waals surface area contributed by atoms with Crippen molar-refractivity contribution in [3.8, 4) is 0 Å². The molecule has 19 heavy (non-hydrogen) atoms. The minimum absolute atomic E-state index is 0.0901. The molecule has 1 aromatic heterocycles. The first kappa shape index (κ1) is 12.8. The number of carbonyl (C=O) groups is 1. The van der Waals surface area contributed by atoms with Gasteiger partial charge in [0.2, 0.25) is 0 Å². The van der Waals surface area contributed by atoms with Gasteiger partial charge in [-0.25, -0.2) is 4.39 Å². The van der Waals surface area contributed by atoms with Gasteiger partial charge in [-0.15, -0.1) is 22.9 Å². The van der Waals surface area contributed by atoms with Gasteiger partial charge < -0.3 is 0 Å².